The number of benzene rings is 1. The van der Waals surface area contributed by atoms with Crippen molar-refractivity contribution >= 4 is 23.5 Å². The second kappa shape index (κ2) is 6.45. The van der Waals surface area contributed by atoms with Crippen molar-refractivity contribution < 1.29 is 19.4 Å². The van der Waals surface area contributed by atoms with E-state index in [1.165, 1.54) is 0 Å². The molecule has 1 unspecified atom stereocenters. The predicted octanol–water partition coefficient (Wildman–Crippen LogP) is 2.32. The molecule has 1 amide bonds. The zero-order chi connectivity index (χ0) is 15.5. The molecule has 1 aliphatic rings. The fraction of sp³-hybridized carbons (Fsp3) is 0.467. The maximum Gasteiger partial charge on any atom is 0.303 e. The molecule has 0 aromatic heterocycles. The average molecular weight is 312 g/mol. The molecule has 1 aromatic carbocycles. The van der Waals surface area contributed by atoms with Crippen molar-refractivity contribution in [3.63, 3.8) is 0 Å². The van der Waals surface area contributed by atoms with Crippen LogP contribution in [-0.4, -0.2) is 40.6 Å². The van der Waals surface area contributed by atoms with Crippen LogP contribution in [0, 0.1) is 0 Å². The number of hydrogen-bond donors (Lipinski definition) is 1. The highest BCUT2D eigenvalue weighted by molar-refractivity contribution is 6.31. The van der Waals surface area contributed by atoms with E-state index in [4.69, 9.17) is 21.4 Å². The van der Waals surface area contributed by atoms with Crippen LogP contribution < -0.4 is 0 Å². The van der Waals surface area contributed by atoms with Crippen LogP contribution in [0.25, 0.3) is 0 Å². The van der Waals surface area contributed by atoms with Crippen molar-refractivity contribution in [1.29, 1.82) is 0 Å². The topological polar surface area (TPSA) is 66.8 Å². The first-order chi connectivity index (χ1) is 9.89. The first kappa shape index (κ1) is 15.8. The molecule has 1 aromatic rings. The second-order valence-electron chi connectivity index (χ2n) is 5.47. The van der Waals surface area contributed by atoms with Crippen LogP contribution in [-0.2, 0) is 20.9 Å². The van der Waals surface area contributed by atoms with Gasteiger partial charge in [0.25, 0.3) is 0 Å². The third kappa shape index (κ3) is 4.19. The minimum absolute atomic E-state index is 0.0185. The molecule has 2 rings (SSSR count). The van der Waals surface area contributed by atoms with E-state index in [2.05, 4.69) is 0 Å². The van der Waals surface area contributed by atoms with Crippen LogP contribution in [0.15, 0.2) is 24.3 Å². The van der Waals surface area contributed by atoms with E-state index in [1.807, 2.05) is 25.1 Å². The fourth-order valence-corrected chi connectivity index (χ4v) is 2.56. The molecule has 21 heavy (non-hydrogen) atoms. The van der Waals surface area contributed by atoms with E-state index in [0.717, 1.165) is 5.56 Å². The molecule has 0 radical (unpaired) electrons. The summed E-state index contributed by atoms with van der Waals surface area (Å²) in [4.78, 5) is 24.4. The molecule has 5 nitrogen and oxygen atoms in total. The Balaban J connectivity index is 2.06. The summed E-state index contributed by atoms with van der Waals surface area (Å²) in [7, 11) is 0. The number of rotatable bonds is 5. The molecule has 1 fully saturated rings. The quantitative estimate of drug-likeness (QED) is 0.906. The number of carbonyl (C=O) groups is 2. The first-order valence-electron chi connectivity index (χ1n) is 6.76. The fourth-order valence-electron chi connectivity index (χ4n) is 2.36. The monoisotopic (exact) mass is 311 g/mol. The van der Waals surface area contributed by atoms with Crippen LogP contribution in [0.2, 0.25) is 5.02 Å². The summed E-state index contributed by atoms with van der Waals surface area (Å²) in [6.07, 6.45) is 0.388. The van der Waals surface area contributed by atoms with Crippen molar-refractivity contribution in [3.05, 3.63) is 34.9 Å². The molecule has 1 heterocycles. The Labute approximate surface area is 128 Å². The number of carboxylic acid groups (broad SMARTS) is 1. The van der Waals surface area contributed by atoms with Gasteiger partial charge in [0.1, 0.15) is 6.61 Å². The van der Waals surface area contributed by atoms with Gasteiger partial charge in [-0.2, -0.15) is 0 Å². The van der Waals surface area contributed by atoms with Gasteiger partial charge < -0.3 is 14.7 Å². The molecule has 1 saturated heterocycles. The van der Waals surface area contributed by atoms with Gasteiger partial charge in [-0.15, -0.1) is 0 Å². The van der Waals surface area contributed by atoms with Gasteiger partial charge in [0.05, 0.1) is 5.60 Å². The number of ether oxygens (including phenoxy) is 1. The summed E-state index contributed by atoms with van der Waals surface area (Å²) < 4.78 is 5.54. The normalized spacial score (nSPS) is 22.4. The number of carboxylic acids is 1. The first-order valence-corrected chi connectivity index (χ1v) is 7.14. The third-order valence-electron chi connectivity index (χ3n) is 3.61. The summed E-state index contributed by atoms with van der Waals surface area (Å²) in [6.45, 7) is 2.58. The maximum absolute atomic E-state index is 12.0. The van der Waals surface area contributed by atoms with Crippen LogP contribution in [0.1, 0.15) is 25.3 Å². The van der Waals surface area contributed by atoms with Crippen LogP contribution >= 0.6 is 11.6 Å². The van der Waals surface area contributed by atoms with E-state index in [0.29, 0.717) is 24.5 Å². The Morgan fingerprint density at radius 3 is 2.86 bits per heavy atom. The Hall–Kier alpha value is -1.59. The Morgan fingerprint density at radius 1 is 1.48 bits per heavy atom. The van der Waals surface area contributed by atoms with Gasteiger partial charge in [-0.05, 0) is 25.0 Å². The lowest BCUT2D eigenvalue weighted by molar-refractivity contribution is -0.164. The van der Waals surface area contributed by atoms with Crippen molar-refractivity contribution in [1.82, 2.24) is 4.90 Å². The average Bonchev–Trinajstić information content (AvgIpc) is 2.44. The molecule has 1 atom stereocenters. The number of carbonyl (C=O) groups excluding carboxylic acids is 1. The predicted molar refractivity (Wildman–Crippen MR) is 78.1 cm³/mol. The summed E-state index contributed by atoms with van der Waals surface area (Å²) in [5.41, 5.74) is 0.239. The lowest BCUT2D eigenvalue weighted by atomic mass is 9.97. The third-order valence-corrected chi connectivity index (χ3v) is 3.98. The Kier molecular flexibility index (Phi) is 4.85. The molecule has 0 bridgehead atoms. The van der Waals surface area contributed by atoms with Gasteiger partial charge in [0.2, 0.25) is 5.91 Å². The van der Waals surface area contributed by atoms with Gasteiger partial charge in [-0.3, -0.25) is 9.59 Å². The number of morpholine rings is 1. The van der Waals surface area contributed by atoms with Gasteiger partial charge in [-0.1, -0.05) is 29.8 Å². The number of halogens is 1. The van der Waals surface area contributed by atoms with E-state index in [-0.39, 0.29) is 18.9 Å². The highest BCUT2D eigenvalue weighted by Gasteiger charge is 2.36. The van der Waals surface area contributed by atoms with E-state index in [9.17, 15) is 9.59 Å². The van der Waals surface area contributed by atoms with Gasteiger partial charge in [0, 0.05) is 24.5 Å². The number of nitrogens with zero attached hydrogens (tertiary/aromatic N) is 1. The highest BCUT2D eigenvalue weighted by atomic mass is 35.5. The SMILES string of the molecule is CC1(CCC(=O)O)CN(Cc2ccccc2Cl)C(=O)CO1. The summed E-state index contributed by atoms with van der Waals surface area (Å²) in [6, 6.07) is 7.37. The molecule has 0 aliphatic carbocycles. The van der Waals surface area contributed by atoms with Crippen LogP contribution in [0.4, 0.5) is 0 Å². The highest BCUT2D eigenvalue weighted by Crippen LogP contribution is 2.26. The van der Waals surface area contributed by atoms with Gasteiger partial charge >= 0.3 is 5.97 Å². The summed E-state index contributed by atoms with van der Waals surface area (Å²) in [5, 5.41) is 9.41. The Bertz CT molecular complexity index is 548. The zero-order valence-electron chi connectivity index (χ0n) is 11.8. The summed E-state index contributed by atoms with van der Waals surface area (Å²) >= 11 is 6.12. The minimum atomic E-state index is -0.866. The number of hydrogen-bond acceptors (Lipinski definition) is 3. The van der Waals surface area contributed by atoms with E-state index >= 15 is 0 Å². The van der Waals surface area contributed by atoms with Crippen molar-refractivity contribution in [2.75, 3.05) is 13.2 Å². The molecular formula is C15H18ClNO4. The van der Waals surface area contributed by atoms with Crippen molar-refractivity contribution in [2.45, 2.75) is 31.9 Å². The van der Waals surface area contributed by atoms with E-state index in [1.54, 1.807) is 11.0 Å². The number of aliphatic carboxylic acids is 1. The van der Waals surface area contributed by atoms with Crippen molar-refractivity contribution in [3.8, 4) is 0 Å². The largest absolute Gasteiger partial charge is 0.481 e. The van der Waals surface area contributed by atoms with Gasteiger partial charge in [-0.25, -0.2) is 0 Å². The molecule has 0 spiro atoms. The maximum atomic E-state index is 12.0. The lowest BCUT2D eigenvalue weighted by Crippen LogP contribution is -2.52. The Morgan fingerprint density at radius 2 is 2.19 bits per heavy atom. The molecular weight excluding hydrogens is 294 g/mol. The second-order valence-corrected chi connectivity index (χ2v) is 5.88. The summed E-state index contributed by atoms with van der Waals surface area (Å²) in [5.74, 6) is -0.975. The molecule has 0 saturated carbocycles. The molecule has 6 heteroatoms. The molecule has 1 N–H and O–H groups in total. The zero-order valence-corrected chi connectivity index (χ0v) is 12.6. The minimum Gasteiger partial charge on any atom is -0.481 e. The van der Waals surface area contributed by atoms with Gasteiger partial charge in [0.15, 0.2) is 0 Å². The van der Waals surface area contributed by atoms with Crippen LogP contribution in [0.5, 0.6) is 0 Å². The number of amides is 1. The smallest absolute Gasteiger partial charge is 0.303 e. The van der Waals surface area contributed by atoms with Crippen molar-refractivity contribution in [2.24, 2.45) is 0 Å². The lowest BCUT2D eigenvalue weighted by Gasteiger charge is -2.40. The van der Waals surface area contributed by atoms with E-state index < -0.39 is 11.6 Å². The molecule has 1 aliphatic heterocycles. The van der Waals surface area contributed by atoms with Crippen LogP contribution in [0.3, 0.4) is 0 Å². The standard InChI is InChI=1S/C15H18ClNO4/c1-15(7-6-14(19)20)10-17(13(18)9-21-15)8-11-4-2-3-5-12(11)16/h2-5H,6-10H2,1H3,(H,19,20). The molecule has 114 valence electrons.